The van der Waals surface area contributed by atoms with E-state index in [0.717, 1.165) is 10.8 Å². The summed E-state index contributed by atoms with van der Waals surface area (Å²) >= 11 is 6.26. The first-order valence-electron chi connectivity index (χ1n) is 35.5. The molecule has 2 saturated heterocycles. The molecule has 8 rings (SSSR count). The number of carbonyl (C=O) groups is 11. The average Bonchev–Trinajstić information content (AvgIpc) is 1.60. The Balaban J connectivity index is 1.07. The van der Waals surface area contributed by atoms with E-state index in [1.165, 1.54) is 43.0 Å². The normalized spacial score (nSPS) is 19.1. The number of hydrogen-bond donors (Lipinski definition) is 19. The zero-order chi connectivity index (χ0) is 79.2. The van der Waals surface area contributed by atoms with Crippen LogP contribution in [0.1, 0.15) is 82.1 Å². The summed E-state index contributed by atoms with van der Waals surface area (Å²) in [4.78, 5) is 164. The first-order valence-corrected chi connectivity index (χ1v) is 35.9. The number of aromatic hydroxyl groups is 1. The number of hydrazine groups is 1. The van der Waals surface area contributed by atoms with Gasteiger partial charge in [-0.05, 0) is 108 Å². The Morgan fingerprint density at radius 2 is 1.14 bits per heavy atom. The molecule has 35 heteroatoms. The summed E-state index contributed by atoms with van der Waals surface area (Å²) in [6.07, 6.45) is -7.15. The Hall–Kier alpha value is -11.0. The van der Waals surface area contributed by atoms with E-state index in [0.29, 0.717) is 44.6 Å². The number of phenols is 1. The van der Waals surface area contributed by atoms with Gasteiger partial charge in [0.2, 0.25) is 53.2 Å². The number of aliphatic hydroxyl groups excluding tert-OH is 4. The fraction of sp³-hybridized carbons (Fsp3) is 0.432. The second-order valence-corrected chi connectivity index (χ2v) is 27.7. The first kappa shape index (κ1) is 83.6. The maximum absolute atomic E-state index is 15.1. The second-order valence-electron chi connectivity index (χ2n) is 27.3. The number of para-hydroxylation sites is 1. The van der Waals surface area contributed by atoms with E-state index >= 15 is 19.2 Å². The van der Waals surface area contributed by atoms with Gasteiger partial charge in [-0.25, -0.2) is 10.2 Å². The number of amides is 12. The van der Waals surface area contributed by atoms with E-state index in [2.05, 4.69) is 57.9 Å². The highest BCUT2D eigenvalue weighted by atomic mass is 35.5. The molecule has 586 valence electrons. The predicted molar refractivity (Wildman–Crippen MR) is 398 cm³/mol. The van der Waals surface area contributed by atoms with Crippen molar-refractivity contribution >= 4 is 104 Å². The van der Waals surface area contributed by atoms with Crippen molar-refractivity contribution < 1.29 is 87.7 Å². The lowest BCUT2D eigenvalue weighted by Gasteiger charge is -2.39. The van der Waals surface area contributed by atoms with Crippen molar-refractivity contribution in [2.45, 2.75) is 171 Å². The number of fused-ring (bicyclic) bond motifs is 2. The van der Waals surface area contributed by atoms with Crippen LogP contribution in [0.25, 0.3) is 21.7 Å². The number of urea groups is 1. The van der Waals surface area contributed by atoms with Crippen LogP contribution in [0.15, 0.2) is 126 Å². The SMILES string of the molecule is CC(=O)NC(Cc1ccc2ccccc2c1)C(=O)NC(Cc1ccc(Cl)cc1)C(=O)NC(Cc1c[nH]c2ccccc12)C(=O)NC(CO)C(=O)NC(Cc1ccc(O)cc1)C(=O)NC(COC1OC(C)C(O)C(O)C1O)C(=O)NC(CC(C)C)C(=O)NC(CCCN=C(N)N)C(=O)N1CCCC1C(=O)NNC(N)=O. The van der Waals surface area contributed by atoms with Crippen LogP contribution in [0.3, 0.4) is 0 Å². The van der Waals surface area contributed by atoms with E-state index in [-0.39, 0.29) is 75.7 Å². The number of ether oxygens (including phenoxy) is 2. The van der Waals surface area contributed by atoms with E-state index in [1.807, 2.05) is 47.9 Å². The summed E-state index contributed by atoms with van der Waals surface area (Å²) in [5, 5.41) is 77.6. The minimum atomic E-state index is -1.94. The lowest BCUT2D eigenvalue weighted by molar-refractivity contribution is -0.293. The number of halogens is 1. The molecule has 12 amide bonds. The molecule has 109 heavy (non-hydrogen) atoms. The second kappa shape index (κ2) is 39.7. The molecule has 6 aromatic rings. The van der Waals surface area contributed by atoms with Gasteiger partial charge < -0.3 is 105 Å². The molecule has 0 spiro atoms. The number of H-pyrrole nitrogens is 1. The van der Waals surface area contributed by atoms with Crippen LogP contribution in [-0.4, -0.2) is 218 Å². The number of aromatic amines is 1. The molecule has 0 aliphatic carbocycles. The molecule has 2 fully saturated rings. The lowest BCUT2D eigenvalue weighted by atomic mass is 9.99. The van der Waals surface area contributed by atoms with Crippen LogP contribution in [0.2, 0.25) is 5.02 Å². The maximum atomic E-state index is 15.1. The Morgan fingerprint density at radius 3 is 1.75 bits per heavy atom. The zero-order valence-corrected chi connectivity index (χ0v) is 61.2. The Morgan fingerprint density at radius 1 is 0.615 bits per heavy atom. The van der Waals surface area contributed by atoms with Gasteiger partial charge in [0.25, 0.3) is 5.91 Å². The highest BCUT2D eigenvalue weighted by Gasteiger charge is 2.44. The van der Waals surface area contributed by atoms with Gasteiger partial charge in [0, 0.05) is 67.8 Å². The zero-order valence-electron chi connectivity index (χ0n) is 60.4. The standard InChI is InChI=1S/C74H95ClN16O18/c1-38(2)29-52(63(98)82-51(15-9-27-79-73(76)77)71(106)91-28-10-16-59(91)70(105)89-90-74(78)107)83-69(104)58(37-108-72-62(97)61(96)60(95)39(3)109-72)88-66(101)55(32-42-20-25-48(94)26-21-42)85-68(103)57(36-92)87-67(102)56(34-46-35-80-50-14-8-7-13-49(46)50)86-65(100)54(31-41-18-23-47(75)24-19-41)84-64(99)53(81-40(4)93)33-43-17-22-44-11-5-6-12-45(44)30-43/h5-8,11-14,17-26,30,35,38-39,51-62,72,80,92,94-97H,9-10,15-16,27-29,31-34,36-37H2,1-4H3,(H,81,93)(H,82,98)(H,83,104)(H,84,99)(H,85,103)(H,86,100)(H,87,102)(H,88,101)(H,89,105)(H4,76,77,79)(H3,78,90,107). The molecule has 34 nitrogen and oxygen atoms in total. The summed E-state index contributed by atoms with van der Waals surface area (Å²) in [7, 11) is 0. The number of benzene rings is 5. The molecule has 14 unspecified atom stereocenters. The molecule has 5 aromatic carbocycles. The van der Waals surface area contributed by atoms with Crippen molar-refractivity contribution in [1.82, 2.24) is 63.3 Å². The number of nitrogens with two attached hydrogens (primary N) is 3. The van der Waals surface area contributed by atoms with Crippen LogP contribution in [0, 0.1) is 5.92 Å². The third-order valence-electron chi connectivity index (χ3n) is 18.4. The fourth-order valence-corrected chi connectivity index (χ4v) is 12.9. The van der Waals surface area contributed by atoms with Crippen LogP contribution in [0.5, 0.6) is 5.75 Å². The molecule has 1 aromatic heterocycles. The van der Waals surface area contributed by atoms with Gasteiger partial charge >= 0.3 is 6.03 Å². The van der Waals surface area contributed by atoms with Crippen molar-refractivity contribution in [2.75, 3.05) is 26.3 Å². The molecule has 0 bridgehead atoms. The number of hydrogen-bond acceptors (Lipinski definition) is 19. The lowest BCUT2D eigenvalue weighted by Crippen LogP contribution is -2.62. The van der Waals surface area contributed by atoms with Crippen molar-refractivity contribution in [2.24, 2.45) is 28.1 Å². The number of nitrogens with zero attached hydrogens (tertiary/aromatic N) is 2. The predicted octanol–water partition coefficient (Wildman–Crippen LogP) is -1.52. The molecule has 0 radical (unpaired) electrons. The number of likely N-dealkylation sites (tertiary alicyclic amines) is 1. The third-order valence-corrected chi connectivity index (χ3v) is 18.7. The van der Waals surface area contributed by atoms with Gasteiger partial charge in [0.15, 0.2) is 12.2 Å². The molecule has 3 heterocycles. The van der Waals surface area contributed by atoms with Crippen molar-refractivity contribution in [3.8, 4) is 5.75 Å². The monoisotopic (exact) mass is 1530 g/mol. The average molecular weight is 1530 g/mol. The number of aromatic nitrogens is 1. The fourth-order valence-electron chi connectivity index (χ4n) is 12.7. The van der Waals surface area contributed by atoms with Crippen molar-refractivity contribution in [3.05, 3.63) is 149 Å². The summed E-state index contributed by atoms with van der Waals surface area (Å²) in [6, 6.07) is 17.0. The quantitative estimate of drug-likeness (QED) is 0.00929. The third kappa shape index (κ3) is 24.2. The number of carbonyl (C=O) groups excluding carboxylic acids is 11. The number of nitrogens with one attached hydrogen (secondary N) is 11. The van der Waals surface area contributed by atoms with Crippen molar-refractivity contribution in [1.29, 1.82) is 0 Å². The number of rotatable bonds is 35. The smallest absolute Gasteiger partial charge is 0.330 e. The van der Waals surface area contributed by atoms with Gasteiger partial charge in [-0.2, -0.15) is 0 Å². The minimum Gasteiger partial charge on any atom is -0.508 e. The summed E-state index contributed by atoms with van der Waals surface area (Å²) in [5.41, 5.74) is 23.1. The molecular weight excluding hydrogens is 1440 g/mol. The largest absolute Gasteiger partial charge is 0.508 e. The van der Waals surface area contributed by atoms with Crippen LogP contribution in [0.4, 0.5) is 4.79 Å². The number of primary amides is 1. The van der Waals surface area contributed by atoms with Gasteiger partial charge in [-0.15, -0.1) is 0 Å². The number of aliphatic hydroxyl groups is 4. The molecular formula is C74H95ClN16O18. The molecule has 14 atom stereocenters. The van der Waals surface area contributed by atoms with Crippen LogP contribution < -0.4 is 70.6 Å². The molecule has 2 aliphatic rings. The Labute approximate surface area is 632 Å². The van der Waals surface area contributed by atoms with Crippen LogP contribution in [-0.2, 0) is 83.1 Å². The van der Waals surface area contributed by atoms with E-state index < -0.39 is 170 Å². The topological polar surface area (TPSA) is 537 Å². The Bertz CT molecular complexity index is 4220. The molecule has 2 aliphatic heterocycles. The number of phenolic OH excluding ortho intramolecular Hbond substituents is 1. The van der Waals surface area contributed by atoms with Crippen LogP contribution >= 0.6 is 11.6 Å². The van der Waals surface area contributed by atoms with Crippen molar-refractivity contribution in [3.63, 3.8) is 0 Å². The van der Waals surface area contributed by atoms with E-state index in [1.54, 1.807) is 68.6 Å². The highest BCUT2D eigenvalue weighted by Crippen LogP contribution is 2.26. The van der Waals surface area contributed by atoms with Gasteiger partial charge in [0.1, 0.15) is 78.4 Å². The summed E-state index contributed by atoms with van der Waals surface area (Å²) in [5.74, 6) is -10.00. The van der Waals surface area contributed by atoms with Gasteiger partial charge in [0.05, 0.1) is 19.3 Å². The highest BCUT2D eigenvalue weighted by molar-refractivity contribution is 6.30. The number of guanidine groups is 1. The minimum absolute atomic E-state index is 0.00274. The maximum Gasteiger partial charge on any atom is 0.330 e. The first-order chi connectivity index (χ1) is 51.9. The number of aliphatic imine (C=N–C) groups is 1. The van der Waals surface area contributed by atoms with Gasteiger partial charge in [-0.1, -0.05) is 110 Å². The van der Waals surface area contributed by atoms with Gasteiger partial charge in [-0.3, -0.25) is 58.4 Å². The van der Waals surface area contributed by atoms with E-state index in [9.17, 15) is 59.1 Å². The van der Waals surface area contributed by atoms with E-state index in [4.69, 9.17) is 38.3 Å². The molecule has 0 saturated carbocycles. The summed E-state index contributed by atoms with van der Waals surface area (Å²) in [6.45, 7) is 4.02. The molecule has 22 N–H and O–H groups in total. The summed E-state index contributed by atoms with van der Waals surface area (Å²) < 4.78 is 11.5. The Kier molecular flexibility index (Phi) is 30.5.